The van der Waals surface area contributed by atoms with E-state index in [1.165, 1.54) is 17.0 Å². The van der Waals surface area contributed by atoms with Crippen molar-refractivity contribution < 1.29 is 9.18 Å². The van der Waals surface area contributed by atoms with Gasteiger partial charge in [-0.3, -0.25) is 4.79 Å². The first-order valence-electron chi connectivity index (χ1n) is 4.89. The standard InChI is InChI=1S/C11H14ClFN2O/c1-15(2)11(16)3-4-14-10-6-8(12)5-9(13)7-10/h5-7,14H,3-4H2,1-2H3. The summed E-state index contributed by atoms with van der Waals surface area (Å²) in [6.07, 6.45) is 0.362. The van der Waals surface area contributed by atoms with Crippen LogP contribution in [-0.2, 0) is 4.79 Å². The molecule has 1 amide bonds. The Morgan fingerprint density at radius 1 is 1.44 bits per heavy atom. The molecule has 0 aliphatic heterocycles. The Morgan fingerprint density at radius 3 is 2.69 bits per heavy atom. The zero-order valence-electron chi connectivity index (χ0n) is 9.26. The van der Waals surface area contributed by atoms with Crippen molar-refractivity contribution in [2.24, 2.45) is 0 Å². The monoisotopic (exact) mass is 244 g/mol. The van der Waals surface area contributed by atoms with Crippen molar-refractivity contribution in [3.8, 4) is 0 Å². The number of hydrogen-bond donors (Lipinski definition) is 1. The van der Waals surface area contributed by atoms with Crippen LogP contribution in [0.3, 0.4) is 0 Å². The maximum absolute atomic E-state index is 12.9. The van der Waals surface area contributed by atoms with Crippen LogP contribution in [0.15, 0.2) is 18.2 Å². The second-order valence-electron chi connectivity index (χ2n) is 3.62. The third-order valence-electron chi connectivity index (χ3n) is 2.03. The molecule has 0 bridgehead atoms. The summed E-state index contributed by atoms with van der Waals surface area (Å²) in [6, 6.07) is 4.19. The molecule has 88 valence electrons. The summed E-state index contributed by atoms with van der Waals surface area (Å²) in [7, 11) is 3.39. The van der Waals surface area contributed by atoms with Gasteiger partial charge in [-0.15, -0.1) is 0 Å². The molecule has 0 atom stereocenters. The lowest BCUT2D eigenvalue weighted by Crippen LogP contribution is -2.23. The average Bonchev–Trinajstić information content (AvgIpc) is 2.15. The van der Waals surface area contributed by atoms with Crippen LogP contribution >= 0.6 is 11.6 Å². The molecule has 1 N–H and O–H groups in total. The van der Waals surface area contributed by atoms with Crippen LogP contribution in [0.25, 0.3) is 0 Å². The van der Waals surface area contributed by atoms with Crippen LogP contribution in [0.5, 0.6) is 0 Å². The zero-order chi connectivity index (χ0) is 12.1. The first-order chi connectivity index (χ1) is 7.49. The van der Waals surface area contributed by atoms with Crippen LogP contribution in [0.2, 0.25) is 5.02 Å². The molecule has 0 aromatic heterocycles. The SMILES string of the molecule is CN(C)C(=O)CCNc1cc(F)cc(Cl)c1. The second kappa shape index (κ2) is 5.70. The van der Waals surface area contributed by atoms with Crippen molar-refractivity contribution in [3.05, 3.63) is 29.0 Å². The van der Waals surface area contributed by atoms with Gasteiger partial charge >= 0.3 is 0 Å². The molecule has 3 nitrogen and oxygen atoms in total. The normalized spacial score (nSPS) is 10.0. The van der Waals surface area contributed by atoms with Crippen LogP contribution in [0, 0.1) is 5.82 Å². The van der Waals surface area contributed by atoms with Gasteiger partial charge in [0.25, 0.3) is 0 Å². The fraction of sp³-hybridized carbons (Fsp3) is 0.364. The second-order valence-corrected chi connectivity index (χ2v) is 4.06. The van der Waals surface area contributed by atoms with Gasteiger partial charge in [0, 0.05) is 37.8 Å². The molecule has 1 aromatic rings. The van der Waals surface area contributed by atoms with E-state index < -0.39 is 5.82 Å². The smallest absolute Gasteiger partial charge is 0.223 e. The lowest BCUT2D eigenvalue weighted by Gasteiger charge is -2.11. The molecule has 1 rings (SSSR count). The number of carbonyl (C=O) groups is 1. The number of nitrogens with one attached hydrogen (secondary N) is 1. The van der Waals surface area contributed by atoms with Gasteiger partial charge < -0.3 is 10.2 Å². The number of hydrogen-bond acceptors (Lipinski definition) is 2. The largest absolute Gasteiger partial charge is 0.384 e. The summed E-state index contributed by atoms with van der Waals surface area (Å²) in [4.78, 5) is 12.8. The van der Waals surface area contributed by atoms with Crippen molar-refractivity contribution in [1.29, 1.82) is 0 Å². The van der Waals surface area contributed by atoms with Crippen LogP contribution in [0.4, 0.5) is 10.1 Å². The summed E-state index contributed by atoms with van der Waals surface area (Å²) >= 11 is 5.69. The molecule has 16 heavy (non-hydrogen) atoms. The number of carbonyl (C=O) groups excluding carboxylic acids is 1. The molecule has 0 aliphatic carbocycles. The number of rotatable bonds is 4. The Kier molecular flexibility index (Phi) is 4.55. The van der Waals surface area contributed by atoms with Gasteiger partial charge in [-0.25, -0.2) is 4.39 Å². The lowest BCUT2D eigenvalue weighted by molar-refractivity contribution is -0.128. The van der Waals surface area contributed by atoms with E-state index in [0.29, 0.717) is 23.7 Å². The predicted molar refractivity (Wildman–Crippen MR) is 63.2 cm³/mol. The topological polar surface area (TPSA) is 32.3 Å². The van der Waals surface area contributed by atoms with Crippen molar-refractivity contribution in [3.63, 3.8) is 0 Å². The first kappa shape index (κ1) is 12.8. The third kappa shape index (κ3) is 4.06. The number of anilines is 1. The number of halogens is 2. The molecule has 1 aromatic carbocycles. The van der Waals surface area contributed by atoms with Gasteiger partial charge in [0.2, 0.25) is 5.91 Å². The molecule has 0 saturated carbocycles. The van der Waals surface area contributed by atoms with Crippen molar-refractivity contribution in [1.82, 2.24) is 4.90 Å². The Labute approximate surface area is 99.2 Å². The highest BCUT2D eigenvalue weighted by atomic mass is 35.5. The maximum Gasteiger partial charge on any atom is 0.223 e. The van der Waals surface area contributed by atoms with Crippen LogP contribution in [-0.4, -0.2) is 31.4 Å². The highest BCUT2D eigenvalue weighted by Crippen LogP contribution is 2.17. The predicted octanol–water partition coefficient (Wildman–Crippen LogP) is 2.37. The Balaban J connectivity index is 2.46. The van der Waals surface area contributed by atoms with E-state index in [9.17, 15) is 9.18 Å². The third-order valence-corrected chi connectivity index (χ3v) is 2.25. The molecule has 0 saturated heterocycles. The molecular formula is C11H14ClFN2O. The number of amides is 1. The van der Waals surface area contributed by atoms with E-state index in [4.69, 9.17) is 11.6 Å². The molecule has 0 aliphatic rings. The minimum absolute atomic E-state index is 0.0231. The average molecular weight is 245 g/mol. The fourth-order valence-corrected chi connectivity index (χ4v) is 1.42. The minimum Gasteiger partial charge on any atom is -0.384 e. The number of nitrogens with zero attached hydrogens (tertiary/aromatic N) is 1. The molecule has 0 heterocycles. The quantitative estimate of drug-likeness (QED) is 0.882. The van der Waals surface area contributed by atoms with E-state index in [1.54, 1.807) is 20.2 Å². The molecular weight excluding hydrogens is 231 g/mol. The summed E-state index contributed by atoms with van der Waals surface area (Å²) in [5, 5.41) is 3.27. The zero-order valence-corrected chi connectivity index (χ0v) is 10.0. The van der Waals surface area contributed by atoms with E-state index >= 15 is 0 Å². The van der Waals surface area contributed by atoms with Gasteiger partial charge in [0.15, 0.2) is 0 Å². The minimum atomic E-state index is -0.395. The molecule has 5 heteroatoms. The Bertz CT molecular complexity index is 362. The summed E-state index contributed by atoms with van der Waals surface area (Å²) < 4.78 is 12.9. The van der Waals surface area contributed by atoms with Gasteiger partial charge in [-0.1, -0.05) is 11.6 Å². The Morgan fingerprint density at radius 2 is 2.12 bits per heavy atom. The number of benzene rings is 1. The van der Waals surface area contributed by atoms with Crippen molar-refractivity contribution >= 4 is 23.2 Å². The van der Waals surface area contributed by atoms with E-state index in [0.717, 1.165) is 0 Å². The Hall–Kier alpha value is -1.29. The molecule has 0 radical (unpaired) electrons. The highest BCUT2D eigenvalue weighted by molar-refractivity contribution is 6.30. The lowest BCUT2D eigenvalue weighted by atomic mass is 10.3. The van der Waals surface area contributed by atoms with Gasteiger partial charge in [0.05, 0.1) is 0 Å². The fourth-order valence-electron chi connectivity index (χ4n) is 1.19. The van der Waals surface area contributed by atoms with Crippen LogP contribution in [0.1, 0.15) is 6.42 Å². The summed E-state index contributed by atoms with van der Waals surface area (Å²) in [5.74, 6) is -0.371. The van der Waals surface area contributed by atoms with Gasteiger partial charge in [0.1, 0.15) is 5.82 Å². The molecule has 0 unspecified atom stereocenters. The highest BCUT2D eigenvalue weighted by Gasteiger charge is 2.03. The van der Waals surface area contributed by atoms with Crippen LogP contribution < -0.4 is 5.32 Å². The van der Waals surface area contributed by atoms with E-state index in [-0.39, 0.29) is 5.91 Å². The summed E-state index contributed by atoms with van der Waals surface area (Å²) in [6.45, 7) is 0.455. The maximum atomic E-state index is 12.9. The molecule has 0 fully saturated rings. The summed E-state index contributed by atoms with van der Waals surface area (Å²) in [5.41, 5.74) is 0.580. The van der Waals surface area contributed by atoms with Gasteiger partial charge in [-0.05, 0) is 18.2 Å². The van der Waals surface area contributed by atoms with Crippen molar-refractivity contribution in [2.75, 3.05) is 26.0 Å². The van der Waals surface area contributed by atoms with Gasteiger partial charge in [-0.2, -0.15) is 0 Å². The molecule has 0 spiro atoms. The van der Waals surface area contributed by atoms with Crippen molar-refractivity contribution in [2.45, 2.75) is 6.42 Å². The van der Waals surface area contributed by atoms with E-state index in [2.05, 4.69) is 5.32 Å². The van der Waals surface area contributed by atoms with E-state index in [1.807, 2.05) is 0 Å². The first-order valence-corrected chi connectivity index (χ1v) is 5.27.